The molecule has 5 nitrogen and oxygen atoms in total. The Bertz CT molecular complexity index is 729. The maximum absolute atomic E-state index is 12.5. The molecule has 0 unspecified atom stereocenters. The normalized spacial score (nSPS) is 10.2. The molecule has 120 valence electrons. The second-order valence-corrected chi connectivity index (χ2v) is 5.50. The molecular weight excluding hydrogens is 316 g/mol. The lowest BCUT2D eigenvalue weighted by atomic mass is 10.1. The van der Waals surface area contributed by atoms with Crippen LogP contribution in [0.25, 0.3) is 0 Å². The van der Waals surface area contributed by atoms with E-state index in [1.807, 2.05) is 0 Å². The van der Waals surface area contributed by atoms with Gasteiger partial charge in [0.05, 0.1) is 7.11 Å². The molecule has 0 atom stereocenters. The highest BCUT2D eigenvalue weighted by atomic mass is 35.5. The van der Waals surface area contributed by atoms with Gasteiger partial charge in [0, 0.05) is 35.3 Å². The van der Waals surface area contributed by atoms with E-state index in [1.54, 1.807) is 49.4 Å². The van der Waals surface area contributed by atoms with Gasteiger partial charge in [0.2, 0.25) is 5.91 Å². The number of carbonyl (C=O) groups excluding carboxylic acids is 2. The smallest absolute Gasteiger partial charge is 0.253 e. The van der Waals surface area contributed by atoms with Crippen LogP contribution in [0.4, 0.5) is 0 Å². The average Bonchev–Trinajstić information content (AvgIpc) is 2.54. The van der Waals surface area contributed by atoms with Crippen LogP contribution in [0.3, 0.4) is 0 Å². The Hall–Kier alpha value is -2.53. The monoisotopic (exact) mass is 332 g/mol. The van der Waals surface area contributed by atoms with Gasteiger partial charge in [-0.1, -0.05) is 11.6 Å². The first-order chi connectivity index (χ1) is 10.9. The van der Waals surface area contributed by atoms with Gasteiger partial charge in [0.1, 0.15) is 5.75 Å². The molecule has 0 aliphatic rings. The predicted molar refractivity (Wildman–Crippen MR) is 88.8 cm³/mol. The van der Waals surface area contributed by atoms with Crippen molar-refractivity contribution in [1.82, 2.24) is 4.90 Å². The Morgan fingerprint density at radius 2 is 1.74 bits per heavy atom. The molecule has 0 saturated heterocycles. The van der Waals surface area contributed by atoms with E-state index < -0.39 is 5.91 Å². The standard InChI is InChI=1S/C17H17ClN2O3/c1-20(10-13-9-14(18)7-8-15(13)23-2)17(22)12-5-3-11(4-6-12)16(19)21/h3-9H,10H2,1-2H3,(H2,19,21). The number of ether oxygens (including phenoxy) is 1. The van der Waals surface area contributed by atoms with Crippen molar-refractivity contribution < 1.29 is 14.3 Å². The molecule has 0 spiro atoms. The van der Waals surface area contributed by atoms with E-state index in [9.17, 15) is 9.59 Å². The lowest BCUT2D eigenvalue weighted by molar-refractivity contribution is 0.0783. The molecule has 23 heavy (non-hydrogen) atoms. The first kappa shape index (κ1) is 16.8. The molecule has 0 saturated carbocycles. The van der Waals surface area contributed by atoms with Crippen LogP contribution in [0.15, 0.2) is 42.5 Å². The predicted octanol–water partition coefficient (Wildman–Crippen LogP) is 2.72. The molecule has 2 aromatic rings. The van der Waals surface area contributed by atoms with E-state index in [1.165, 1.54) is 12.1 Å². The van der Waals surface area contributed by atoms with Crippen molar-refractivity contribution >= 4 is 23.4 Å². The topological polar surface area (TPSA) is 72.6 Å². The van der Waals surface area contributed by atoms with E-state index in [0.29, 0.717) is 28.4 Å². The lowest BCUT2D eigenvalue weighted by Gasteiger charge is -2.19. The van der Waals surface area contributed by atoms with Crippen molar-refractivity contribution in [1.29, 1.82) is 0 Å². The highest BCUT2D eigenvalue weighted by Crippen LogP contribution is 2.24. The van der Waals surface area contributed by atoms with Crippen LogP contribution < -0.4 is 10.5 Å². The van der Waals surface area contributed by atoms with E-state index in [-0.39, 0.29) is 5.91 Å². The summed E-state index contributed by atoms with van der Waals surface area (Å²) in [4.78, 5) is 25.1. The van der Waals surface area contributed by atoms with Gasteiger partial charge >= 0.3 is 0 Å². The summed E-state index contributed by atoms with van der Waals surface area (Å²) in [5.74, 6) is -0.0396. The fraction of sp³-hybridized carbons (Fsp3) is 0.176. The molecular formula is C17H17ClN2O3. The minimum absolute atomic E-state index is 0.178. The number of benzene rings is 2. The van der Waals surface area contributed by atoms with Crippen LogP contribution in [-0.4, -0.2) is 30.9 Å². The third-order valence-corrected chi connectivity index (χ3v) is 3.65. The van der Waals surface area contributed by atoms with Gasteiger partial charge in [-0.25, -0.2) is 0 Å². The van der Waals surface area contributed by atoms with Gasteiger partial charge in [-0.3, -0.25) is 9.59 Å². The zero-order valence-electron chi connectivity index (χ0n) is 12.9. The van der Waals surface area contributed by atoms with Crippen molar-refractivity contribution in [3.05, 3.63) is 64.2 Å². The minimum atomic E-state index is -0.527. The van der Waals surface area contributed by atoms with E-state index in [0.717, 1.165) is 5.56 Å². The van der Waals surface area contributed by atoms with Crippen LogP contribution in [0, 0.1) is 0 Å². The molecule has 2 rings (SSSR count). The number of hydrogen-bond acceptors (Lipinski definition) is 3. The SMILES string of the molecule is COc1ccc(Cl)cc1CN(C)C(=O)c1ccc(C(N)=O)cc1. The summed E-state index contributed by atoms with van der Waals surface area (Å²) in [6.07, 6.45) is 0. The van der Waals surface area contributed by atoms with Gasteiger partial charge in [0.25, 0.3) is 5.91 Å². The van der Waals surface area contributed by atoms with Crippen molar-refractivity contribution in [2.75, 3.05) is 14.2 Å². The number of primary amides is 1. The molecule has 2 aromatic carbocycles. The minimum Gasteiger partial charge on any atom is -0.496 e. The molecule has 0 radical (unpaired) electrons. The third-order valence-electron chi connectivity index (χ3n) is 3.41. The Labute approximate surface area is 139 Å². The third kappa shape index (κ3) is 4.02. The Morgan fingerprint density at radius 1 is 1.13 bits per heavy atom. The molecule has 2 N–H and O–H groups in total. The van der Waals surface area contributed by atoms with Crippen molar-refractivity contribution in [2.45, 2.75) is 6.54 Å². The Kier molecular flexibility index (Phi) is 5.24. The van der Waals surface area contributed by atoms with Crippen molar-refractivity contribution in [2.24, 2.45) is 5.73 Å². The van der Waals surface area contributed by atoms with Crippen molar-refractivity contribution in [3.63, 3.8) is 0 Å². The molecule has 2 amide bonds. The zero-order valence-corrected chi connectivity index (χ0v) is 13.6. The number of rotatable bonds is 5. The summed E-state index contributed by atoms with van der Waals surface area (Å²) in [5, 5.41) is 0.576. The maximum atomic E-state index is 12.5. The van der Waals surface area contributed by atoms with Crippen LogP contribution in [0.1, 0.15) is 26.3 Å². The molecule has 6 heteroatoms. The summed E-state index contributed by atoms with van der Waals surface area (Å²) >= 11 is 6.00. The number of carbonyl (C=O) groups is 2. The van der Waals surface area contributed by atoms with E-state index in [4.69, 9.17) is 22.1 Å². The van der Waals surface area contributed by atoms with E-state index >= 15 is 0 Å². The largest absolute Gasteiger partial charge is 0.496 e. The molecule has 0 fully saturated rings. The number of methoxy groups -OCH3 is 1. The molecule has 0 aliphatic carbocycles. The highest BCUT2D eigenvalue weighted by molar-refractivity contribution is 6.30. The quantitative estimate of drug-likeness (QED) is 0.915. The molecule has 0 bridgehead atoms. The van der Waals surface area contributed by atoms with Gasteiger partial charge in [-0.2, -0.15) is 0 Å². The number of nitrogens with two attached hydrogens (primary N) is 1. The summed E-state index contributed by atoms with van der Waals surface area (Å²) in [6.45, 7) is 0.347. The fourth-order valence-corrected chi connectivity index (χ4v) is 2.39. The zero-order chi connectivity index (χ0) is 17.0. The van der Waals surface area contributed by atoms with E-state index in [2.05, 4.69) is 0 Å². The second kappa shape index (κ2) is 7.15. The lowest BCUT2D eigenvalue weighted by Crippen LogP contribution is -2.26. The number of hydrogen-bond donors (Lipinski definition) is 1. The number of nitrogens with zero attached hydrogens (tertiary/aromatic N) is 1. The Morgan fingerprint density at radius 3 is 2.30 bits per heavy atom. The second-order valence-electron chi connectivity index (χ2n) is 5.06. The van der Waals surface area contributed by atoms with Crippen LogP contribution in [0.2, 0.25) is 5.02 Å². The van der Waals surface area contributed by atoms with Gasteiger partial charge in [-0.05, 0) is 42.5 Å². The molecule has 0 aliphatic heterocycles. The molecule has 0 heterocycles. The first-order valence-corrected chi connectivity index (χ1v) is 7.28. The fourth-order valence-electron chi connectivity index (χ4n) is 2.20. The van der Waals surface area contributed by atoms with Crippen LogP contribution >= 0.6 is 11.6 Å². The average molecular weight is 333 g/mol. The first-order valence-electron chi connectivity index (χ1n) is 6.90. The highest BCUT2D eigenvalue weighted by Gasteiger charge is 2.15. The van der Waals surface area contributed by atoms with Crippen LogP contribution in [-0.2, 0) is 6.54 Å². The van der Waals surface area contributed by atoms with Crippen LogP contribution in [0.5, 0.6) is 5.75 Å². The summed E-state index contributed by atoms with van der Waals surface area (Å²) in [6, 6.07) is 11.5. The molecule has 0 aromatic heterocycles. The van der Waals surface area contributed by atoms with Crippen molar-refractivity contribution in [3.8, 4) is 5.75 Å². The summed E-state index contributed by atoms with van der Waals surface area (Å²) in [5.41, 5.74) is 6.83. The van der Waals surface area contributed by atoms with Gasteiger partial charge < -0.3 is 15.4 Å². The van der Waals surface area contributed by atoms with Gasteiger partial charge in [0.15, 0.2) is 0 Å². The summed E-state index contributed by atoms with van der Waals surface area (Å²) < 4.78 is 5.28. The summed E-state index contributed by atoms with van der Waals surface area (Å²) in [7, 11) is 3.25. The number of halogens is 1. The maximum Gasteiger partial charge on any atom is 0.253 e. The number of amides is 2. The Balaban J connectivity index is 2.17. The van der Waals surface area contributed by atoms with Gasteiger partial charge in [-0.15, -0.1) is 0 Å².